The Balaban J connectivity index is 2.14. The summed E-state index contributed by atoms with van der Waals surface area (Å²) >= 11 is 0. The highest BCUT2D eigenvalue weighted by Crippen LogP contribution is 2.20. The van der Waals surface area contributed by atoms with Gasteiger partial charge in [-0.15, -0.1) is 0 Å². The average Bonchev–Trinajstić information content (AvgIpc) is 2.75. The normalized spacial score (nSPS) is 10.3. The number of aromatic nitrogens is 2. The van der Waals surface area contributed by atoms with Gasteiger partial charge in [0.2, 0.25) is 0 Å². The number of benzene rings is 1. The third-order valence-corrected chi connectivity index (χ3v) is 2.05. The number of fused-ring (bicyclic) bond motifs is 1. The summed E-state index contributed by atoms with van der Waals surface area (Å²) in [6.45, 7) is -0.212. The molecule has 0 fully saturated rings. The highest BCUT2D eigenvalue weighted by Gasteiger charge is 2.06. The van der Waals surface area contributed by atoms with Crippen LogP contribution < -0.4 is 5.32 Å². The van der Waals surface area contributed by atoms with E-state index in [0.29, 0.717) is 5.69 Å². The lowest BCUT2D eigenvalue weighted by Gasteiger charge is -2.06. The molecule has 0 unspecified atom stereocenters. The van der Waals surface area contributed by atoms with E-state index < -0.39 is 6.09 Å². The van der Waals surface area contributed by atoms with Crippen molar-refractivity contribution in [3.63, 3.8) is 0 Å². The second-order valence-corrected chi connectivity index (χ2v) is 3.12. The number of rotatable bonds is 3. The zero-order chi connectivity index (χ0) is 11.4. The van der Waals surface area contributed by atoms with Crippen molar-refractivity contribution in [3.8, 4) is 0 Å². The number of nitrogens with zero attached hydrogens (tertiary/aromatic N) is 1. The minimum Gasteiger partial charge on any atom is -0.447 e. The lowest BCUT2D eigenvalue weighted by Crippen LogP contribution is -2.15. The molecule has 3 N–H and O–H groups in total. The van der Waals surface area contributed by atoms with Crippen LogP contribution in [0.5, 0.6) is 0 Å². The van der Waals surface area contributed by atoms with Crippen molar-refractivity contribution in [3.05, 3.63) is 24.4 Å². The minimum absolute atomic E-state index is 0.0206. The lowest BCUT2D eigenvalue weighted by atomic mass is 10.2. The van der Waals surface area contributed by atoms with Crippen LogP contribution >= 0.6 is 0 Å². The number of aliphatic hydroxyl groups excluding tert-OH is 1. The Labute approximate surface area is 91.2 Å². The Morgan fingerprint density at radius 1 is 1.56 bits per heavy atom. The largest absolute Gasteiger partial charge is 0.447 e. The molecule has 16 heavy (non-hydrogen) atoms. The molecule has 0 aliphatic rings. The lowest BCUT2D eigenvalue weighted by molar-refractivity contribution is 0.131. The van der Waals surface area contributed by atoms with Gasteiger partial charge in [0.15, 0.2) is 0 Å². The van der Waals surface area contributed by atoms with Gasteiger partial charge in [-0.1, -0.05) is 6.07 Å². The van der Waals surface area contributed by atoms with E-state index in [4.69, 9.17) is 5.11 Å². The maximum atomic E-state index is 11.3. The molecule has 0 radical (unpaired) electrons. The van der Waals surface area contributed by atoms with E-state index in [1.54, 1.807) is 18.3 Å². The number of anilines is 1. The van der Waals surface area contributed by atoms with E-state index in [2.05, 4.69) is 20.3 Å². The number of aliphatic hydroxyl groups is 1. The van der Waals surface area contributed by atoms with Crippen molar-refractivity contribution >= 4 is 22.7 Å². The standard InChI is InChI=1S/C10H11N3O3/c14-4-5-16-10(15)12-8-2-1-3-9-7(8)6-11-13-9/h1-3,6,14H,4-5H2,(H,11,13)(H,12,15). The van der Waals surface area contributed by atoms with Crippen molar-refractivity contribution in [2.45, 2.75) is 0 Å². The number of hydrogen-bond acceptors (Lipinski definition) is 4. The maximum absolute atomic E-state index is 11.3. The zero-order valence-electron chi connectivity index (χ0n) is 8.43. The first kappa shape index (κ1) is 10.4. The molecule has 1 amide bonds. The summed E-state index contributed by atoms with van der Waals surface area (Å²) in [5, 5.41) is 18.6. The molecule has 0 saturated heterocycles. The topological polar surface area (TPSA) is 87.2 Å². The highest BCUT2D eigenvalue weighted by atomic mass is 16.6. The van der Waals surface area contributed by atoms with Crippen molar-refractivity contribution in [1.82, 2.24) is 10.2 Å². The molecule has 6 nitrogen and oxygen atoms in total. The fraction of sp³-hybridized carbons (Fsp3) is 0.200. The van der Waals surface area contributed by atoms with Crippen molar-refractivity contribution < 1.29 is 14.6 Å². The van der Waals surface area contributed by atoms with Gasteiger partial charge in [-0.2, -0.15) is 5.10 Å². The predicted molar refractivity (Wildman–Crippen MR) is 58.2 cm³/mol. The van der Waals surface area contributed by atoms with Crippen LogP contribution in [-0.4, -0.2) is 34.6 Å². The minimum atomic E-state index is -0.595. The van der Waals surface area contributed by atoms with Crippen molar-refractivity contribution in [1.29, 1.82) is 0 Å². The molecule has 0 atom stereocenters. The van der Waals surface area contributed by atoms with Crippen LogP contribution in [0.1, 0.15) is 0 Å². The molecule has 2 aromatic rings. The molecule has 0 saturated carbocycles. The van der Waals surface area contributed by atoms with Crippen LogP contribution in [0.15, 0.2) is 24.4 Å². The summed E-state index contributed by atoms with van der Waals surface area (Å²) in [6, 6.07) is 5.40. The van der Waals surface area contributed by atoms with Gasteiger partial charge in [0, 0.05) is 5.39 Å². The number of amides is 1. The molecule has 1 heterocycles. The van der Waals surface area contributed by atoms with E-state index >= 15 is 0 Å². The van der Waals surface area contributed by atoms with Gasteiger partial charge < -0.3 is 9.84 Å². The first-order valence-corrected chi connectivity index (χ1v) is 4.78. The molecule has 0 aliphatic heterocycles. The molecule has 6 heteroatoms. The summed E-state index contributed by atoms with van der Waals surface area (Å²) in [5.41, 5.74) is 1.45. The van der Waals surface area contributed by atoms with E-state index in [-0.39, 0.29) is 13.2 Å². The van der Waals surface area contributed by atoms with Crippen molar-refractivity contribution in [2.24, 2.45) is 0 Å². The second kappa shape index (κ2) is 4.63. The molecule has 1 aromatic heterocycles. The van der Waals surface area contributed by atoms with Gasteiger partial charge >= 0.3 is 6.09 Å². The Bertz CT molecular complexity index is 495. The molecule has 84 valence electrons. The van der Waals surface area contributed by atoms with Gasteiger partial charge in [-0.25, -0.2) is 4.79 Å². The molecule has 0 spiro atoms. The smallest absolute Gasteiger partial charge is 0.411 e. The monoisotopic (exact) mass is 221 g/mol. The van der Waals surface area contributed by atoms with Crippen LogP contribution in [0.25, 0.3) is 10.9 Å². The molecule has 0 aliphatic carbocycles. The SMILES string of the molecule is O=C(Nc1cccc2[nH]ncc12)OCCO. The first-order chi connectivity index (χ1) is 7.81. The molecule has 2 rings (SSSR count). The van der Waals surface area contributed by atoms with E-state index in [1.807, 2.05) is 6.07 Å². The number of aromatic amines is 1. The van der Waals surface area contributed by atoms with Crippen LogP contribution in [0, 0.1) is 0 Å². The van der Waals surface area contributed by atoms with E-state index in [0.717, 1.165) is 10.9 Å². The van der Waals surface area contributed by atoms with Gasteiger partial charge in [-0.3, -0.25) is 10.4 Å². The Kier molecular flexibility index (Phi) is 3.02. The van der Waals surface area contributed by atoms with Crippen LogP contribution in [0.3, 0.4) is 0 Å². The zero-order valence-corrected chi connectivity index (χ0v) is 8.43. The first-order valence-electron chi connectivity index (χ1n) is 4.78. The maximum Gasteiger partial charge on any atom is 0.411 e. The van der Waals surface area contributed by atoms with Gasteiger partial charge in [0.25, 0.3) is 0 Å². The number of ether oxygens (including phenoxy) is 1. The summed E-state index contributed by atoms with van der Waals surface area (Å²) in [4.78, 5) is 11.3. The summed E-state index contributed by atoms with van der Waals surface area (Å²) < 4.78 is 4.69. The number of nitrogens with one attached hydrogen (secondary N) is 2. The number of H-pyrrole nitrogens is 1. The quantitative estimate of drug-likeness (QED) is 0.724. The fourth-order valence-corrected chi connectivity index (χ4v) is 1.36. The van der Waals surface area contributed by atoms with Crippen molar-refractivity contribution in [2.75, 3.05) is 18.5 Å². The van der Waals surface area contributed by atoms with Crippen LogP contribution in [-0.2, 0) is 4.74 Å². The average molecular weight is 221 g/mol. The summed E-state index contributed by atoms with van der Waals surface area (Å²) in [7, 11) is 0. The Hall–Kier alpha value is -2.08. The van der Waals surface area contributed by atoms with Crippen LogP contribution in [0.4, 0.5) is 10.5 Å². The predicted octanol–water partition coefficient (Wildman–Crippen LogP) is 1.10. The molecular formula is C10H11N3O3. The fourth-order valence-electron chi connectivity index (χ4n) is 1.36. The van der Waals surface area contributed by atoms with Gasteiger partial charge in [-0.05, 0) is 12.1 Å². The Morgan fingerprint density at radius 3 is 3.25 bits per heavy atom. The number of carbonyl (C=O) groups is 1. The molecular weight excluding hydrogens is 210 g/mol. The highest BCUT2D eigenvalue weighted by molar-refractivity contribution is 5.98. The molecule has 0 bridgehead atoms. The van der Waals surface area contributed by atoms with E-state index in [1.165, 1.54) is 0 Å². The number of hydrogen-bond donors (Lipinski definition) is 3. The second-order valence-electron chi connectivity index (χ2n) is 3.12. The van der Waals surface area contributed by atoms with Gasteiger partial charge in [0.1, 0.15) is 6.61 Å². The van der Waals surface area contributed by atoms with Crippen LogP contribution in [0.2, 0.25) is 0 Å². The van der Waals surface area contributed by atoms with E-state index in [9.17, 15) is 4.79 Å². The molecule has 1 aromatic carbocycles. The number of carbonyl (C=O) groups excluding carboxylic acids is 1. The Morgan fingerprint density at radius 2 is 2.44 bits per heavy atom. The third-order valence-electron chi connectivity index (χ3n) is 2.05. The summed E-state index contributed by atoms with van der Waals surface area (Å²) in [6.07, 6.45) is 1.03. The summed E-state index contributed by atoms with van der Waals surface area (Å²) in [5.74, 6) is 0. The van der Waals surface area contributed by atoms with Gasteiger partial charge in [0.05, 0.1) is 24.0 Å². The third kappa shape index (κ3) is 2.12.